The summed E-state index contributed by atoms with van der Waals surface area (Å²) in [5, 5.41) is 14.0. The van der Waals surface area contributed by atoms with Crippen LogP contribution in [0.2, 0.25) is 0 Å². The Morgan fingerprint density at radius 2 is 1.95 bits per heavy atom. The van der Waals surface area contributed by atoms with E-state index in [0.29, 0.717) is 5.69 Å². The highest BCUT2D eigenvalue weighted by molar-refractivity contribution is 7.98. The van der Waals surface area contributed by atoms with E-state index in [0.717, 1.165) is 4.90 Å². The van der Waals surface area contributed by atoms with Crippen molar-refractivity contribution in [2.24, 2.45) is 11.8 Å². The number of rotatable bonds is 4. The van der Waals surface area contributed by atoms with Gasteiger partial charge < -0.3 is 20.0 Å². The first-order valence-corrected chi connectivity index (χ1v) is 7.82. The topological polar surface area (TPSA) is 78.5 Å². The number of ether oxygens (including phenoxy) is 1. The second-order valence-electron chi connectivity index (χ2n) is 5.04. The maximum absolute atomic E-state index is 12.4. The van der Waals surface area contributed by atoms with Crippen LogP contribution in [-0.4, -0.2) is 30.3 Å². The van der Waals surface area contributed by atoms with Crippen LogP contribution in [0.5, 0.6) is 0 Å². The number of carboxylic acid groups (broad SMARTS) is 1. The number of carbonyl (C=O) groups excluding carboxylic acids is 2. The lowest BCUT2D eigenvalue weighted by Crippen LogP contribution is -2.45. The number of thioether (sulfide) groups is 1. The van der Waals surface area contributed by atoms with E-state index in [2.05, 4.69) is 5.32 Å². The molecule has 2 aliphatic rings. The number of nitrogens with one attached hydrogen (secondary N) is 1. The Kier molecular flexibility index (Phi) is 3.73. The Bertz CT molecular complexity index is 615. The molecule has 1 aromatic rings. The van der Waals surface area contributed by atoms with E-state index in [-0.39, 0.29) is 5.91 Å². The maximum atomic E-state index is 12.4. The van der Waals surface area contributed by atoms with Crippen molar-refractivity contribution in [2.75, 3.05) is 11.6 Å². The molecule has 0 radical (unpaired) electrons. The number of amides is 1. The number of carbonyl (C=O) groups is 2. The Labute approximate surface area is 126 Å². The number of hydrogen-bond acceptors (Lipinski definition) is 5. The molecule has 2 aliphatic heterocycles. The maximum Gasteiger partial charge on any atom is 0.231 e. The second kappa shape index (κ2) is 5.54. The van der Waals surface area contributed by atoms with Crippen LogP contribution in [0.4, 0.5) is 5.69 Å². The quantitative estimate of drug-likeness (QED) is 0.653. The predicted octanol–water partition coefficient (Wildman–Crippen LogP) is 0.666. The molecule has 6 heteroatoms. The van der Waals surface area contributed by atoms with Crippen molar-refractivity contribution in [3.63, 3.8) is 0 Å². The number of carboxylic acids is 1. The van der Waals surface area contributed by atoms with Crippen molar-refractivity contribution in [1.82, 2.24) is 0 Å². The fraction of sp³-hybridized carbons (Fsp3) is 0.333. The number of benzene rings is 1. The zero-order valence-electron chi connectivity index (χ0n) is 11.3. The molecule has 4 atom stereocenters. The SMILES string of the molecule is CSc1cccc(NC(=O)C2C3C=CC(O3)C2C(=O)[O-])c1. The summed E-state index contributed by atoms with van der Waals surface area (Å²) in [5.74, 6) is -3.27. The Balaban J connectivity index is 1.78. The summed E-state index contributed by atoms with van der Waals surface area (Å²) in [7, 11) is 0. The van der Waals surface area contributed by atoms with Gasteiger partial charge in [0, 0.05) is 22.5 Å². The number of anilines is 1. The van der Waals surface area contributed by atoms with Crippen molar-refractivity contribution in [2.45, 2.75) is 17.1 Å². The zero-order chi connectivity index (χ0) is 15.0. The standard InChI is InChI=1S/C15H15NO4S/c1-21-9-4-2-3-8(7-9)16-14(17)12-10-5-6-11(20-10)13(12)15(18)19/h2-7,10-13H,1H3,(H,16,17)(H,18,19)/p-1. The molecule has 1 fully saturated rings. The van der Waals surface area contributed by atoms with E-state index in [1.807, 2.05) is 24.5 Å². The van der Waals surface area contributed by atoms with Crippen LogP contribution >= 0.6 is 11.8 Å². The Morgan fingerprint density at radius 3 is 2.62 bits per heavy atom. The first-order valence-electron chi connectivity index (χ1n) is 6.59. The van der Waals surface area contributed by atoms with Crippen LogP contribution in [0.1, 0.15) is 0 Å². The summed E-state index contributed by atoms with van der Waals surface area (Å²) < 4.78 is 5.47. The van der Waals surface area contributed by atoms with Gasteiger partial charge in [-0.05, 0) is 24.5 Å². The minimum absolute atomic E-state index is 0.348. The van der Waals surface area contributed by atoms with Gasteiger partial charge in [-0.2, -0.15) is 0 Å². The molecule has 110 valence electrons. The van der Waals surface area contributed by atoms with Crippen molar-refractivity contribution >= 4 is 29.3 Å². The highest BCUT2D eigenvalue weighted by Crippen LogP contribution is 2.39. The fourth-order valence-electron chi connectivity index (χ4n) is 2.83. The lowest BCUT2D eigenvalue weighted by atomic mass is 9.82. The molecule has 4 unspecified atom stereocenters. The molecule has 0 saturated carbocycles. The Hall–Kier alpha value is -1.79. The summed E-state index contributed by atoms with van der Waals surface area (Å²) >= 11 is 1.57. The van der Waals surface area contributed by atoms with E-state index < -0.39 is 30.0 Å². The molecule has 2 heterocycles. The van der Waals surface area contributed by atoms with Crippen molar-refractivity contribution in [1.29, 1.82) is 0 Å². The molecule has 0 aromatic heterocycles. The van der Waals surface area contributed by atoms with E-state index in [1.54, 1.807) is 30.0 Å². The van der Waals surface area contributed by atoms with Crippen molar-refractivity contribution in [3.8, 4) is 0 Å². The summed E-state index contributed by atoms with van der Waals surface area (Å²) in [5.41, 5.74) is 0.649. The molecule has 1 amide bonds. The van der Waals surface area contributed by atoms with Gasteiger partial charge in [0.25, 0.3) is 0 Å². The van der Waals surface area contributed by atoms with Gasteiger partial charge in [0.2, 0.25) is 5.91 Å². The van der Waals surface area contributed by atoms with Gasteiger partial charge in [0.15, 0.2) is 0 Å². The van der Waals surface area contributed by atoms with Crippen LogP contribution in [0.25, 0.3) is 0 Å². The van der Waals surface area contributed by atoms with E-state index in [4.69, 9.17) is 4.74 Å². The lowest BCUT2D eigenvalue weighted by molar-refractivity contribution is -0.313. The van der Waals surface area contributed by atoms with Gasteiger partial charge in [0.1, 0.15) is 0 Å². The highest BCUT2D eigenvalue weighted by atomic mass is 32.2. The van der Waals surface area contributed by atoms with Crippen LogP contribution in [0.3, 0.4) is 0 Å². The van der Waals surface area contributed by atoms with Crippen LogP contribution < -0.4 is 10.4 Å². The largest absolute Gasteiger partial charge is 0.550 e. The highest BCUT2D eigenvalue weighted by Gasteiger charge is 2.50. The van der Waals surface area contributed by atoms with Gasteiger partial charge in [-0.3, -0.25) is 4.79 Å². The van der Waals surface area contributed by atoms with Gasteiger partial charge in [-0.25, -0.2) is 0 Å². The minimum Gasteiger partial charge on any atom is -0.550 e. The molecule has 1 aromatic carbocycles. The van der Waals surface area contributed by atoms with Gasteiger partial charge in [-0.15, -0.1) is 11.8 Å². The number of aliphatic carboxylic acids is 1. The molecule has 0 aliphatic carbocycles. The molecule has 2 bridgehead atoms. The summed E-state index contributed by atoms with van der Waals surface area (Å²) in [4.78, 5) is 24.7. The summed E-state index contributed by atoms with van der Waals surface area (Å²) in [6.07, 6.45) is 4.33. The summed E-state index contributed by atoms with van der Waals surface area (Å²) in [6.45, 7) is 0. The second-order valence-corrected chi connectivity index (χ2v) is 5.92. The predicted molar refractivity (Wildman–Crippen MR) is 76.6 cm³/mol. The van der Waals surface area contributed by atoms with Gasteiger partial charge in [0.05, 0.1) is 18.1 Å². The minimum atomic E-state index is -1.25. The van der Waals surface area contributed by atoms with Crippen molar-refractivity contribution < 1.29 is 19.4 Å². The Morgan fingerprint density at radius 1 is 1.24 bits per heavy atom. The molecule has 5 nitrogen and oxygen atoms in total. The third-order valence-corrected chi connectivity index (χ3v) is 4.54. The first-order chi connectivity index (χ1) is 10.1. The van der Waals surface area contributed by atoms with Gasteiger partial charge in [-0.1, -0.05) is 18.2 Å². The third-order valence-electron chi connectivity index (χ3n) is 3.81. The first kappa shape index (κ1) is 14.2. The third kappa shape index (κ3) is 2.56. The van der Waals surface area contributed by atoms with Crippen molar-refractivity contribution in [3.05, 3.63) is 36.4 Å². The monoisotopic (exact) mass is 304 g/mol. The molecule has 0 spiro atoms. The van der Waals surface area contributed by atoms with Crippen LogP contribution in [0, 0.1) is 11.8 Å². The lowest BCUT2D eigenvalue weighted by Gasteiger charge is -2.25. The molecule has 3 rings (SSSR count). The van der Waals surface area contributed by atoms with E-state index >= 15 is 0 Å². The molecule has 1 saturated heterocycles. The average molecular weight is 304 g/mol. The average Bonchev–Trinajstić information content (AvgIpc) is 3.07. The zero-order valence-corrected chi connectivity index (χ0v) is 12.1. The fourth-order valence-corrected chi connectivity index (χ4v) is 3.29. The number of fused-ring (bicyclic) bond motifs is 2. The smallest absolute Gasteiger partial charge is 0.231 e. The molecule has 21 heavy (non-hydrogen) atoms. The molecular weight excluding hydrogens is 290 g/mol. The number of hydrogen-bond donors (Lipinski definition) is 1. The van der Waals surface area contributed by atoms with E-state index in [9.17, 15) is 14.7 Å². The summed E-state index contributed by atoms with van der Waals surface area (Å²) in [6, 6.07) is 7.40. The van der Waals surface area contributed by atoms with E-state index in [1.165, 1.54) is 0 Å². The van der Waals surface area contributed by atoms with Crippen LogP contribution in [-0.2, 0) is 14.3 Å². The van der Waals surface area contributed by atoms with Gasteiger partial charge >= 0.3 is 0 Å². The molecular formula is C15H14NO4S-. The van der Waals surface area contributed by atoms with Crippen LogP contribution in [0.15, 0.2) is 41.3 Å². The molecule has 1 N–H and O–H groups in total. The normalized spacial score (nSPS) is 29.6.